The molecule has 1 aliphatic rings. The van der Waals surface area contributed by atoms with Crippen LogP contribution in [0.1, 0.15) is 6.92 Å². The van der Waals surface area contributed by atoms with E-state index in [1.165, 1.54) is 14.2 Å². The Bertz CT molecular complexity index is 1490. The Hall–Kier alpha value is -4.74. The number of hydrogen-bond donors (Lipinski definition) is 0. The second kappa shape index (κ2) is 14.2. The summed E-state index contributed by atoms with van der Waals surface area (Å²) in [4.78, 5) is 45.6. The lowest BCUT2D eigenvalue weighted by Gasteiger charge is -2.32. The molecule has 3 aromatic carbocycles. The number of rotatable bonds is 10. The molecule has 214 valence electrons. The van der Waals surface area contributed by atoms with Crippen LogP contribution in [0.4, 0.5) is 0 Å². The molecule has 8 heteroatoms. The molecule has 0 radical (unpaired) electrons. The fourth-order valence-electron chi connectivity index (χ4n) is 4.79. The highest BCUT2D eigenvalue weighted by atomic mass is 31.2. The molecular weight excluding hydrogens is 549 g/mol. The molecule has 0 heterocycles. The zero-order valence-corrected chi connectivity index (χ0v) is 24.6. The molecule has 0 saturated heterocycles. The van der Waals surface area contributed by atoms with Crippen molar-refractivity contribution in [2.75, 3.05) is 20.8 Å². The minimum Gasteiger partial charge on any atom is -0.465 e. The first-order valence-corrected chi connectivity index (χ1v) is 15.2. The number of esters is 3. The summed E-state index contributed by atoms with van der Waals surface area (Å²) < 4.78 is 15.9. The van der Waals surface area contributed by atoms with Crippen LogP contribution in [-0.4, -0.2) is 49.7 Å². The Morgan fingerprint density at radius 2 is 1.17 bits per heavy atom. The van der Waals surface area contributed by atoms with Gasteiger partial charge >= 0.3 is 17.9 Å². The van der Waals surface area contributed by atoms with E-state index < -0.39 is 24.8 Å². The van der Waals surface area contributed by atoms with E-state index in [-0.39, 0.29) is 29.2 Å². The van der Waals surface area contributed by atoms with Crippen molar-refractivity contribution in [2.24, 2.45) is 10.9 Å². The summed E-state index contributed by atoms with van der Waals surface area (Å²) in [6.45, 7) is -1.42. The number of ether oxygens (including phenoxy) is 3. The molecule has 0 atom stereocenters. The lowest BCUT2D eigenvalue weighted by molar-refractivity contribution is -0.138. The van der Waals surface area contributed by atoms with Gasteiger partial charge in [0.15, 0.2) is 5.71 Å². The molecule has 0 saturated carbocycles. The minimum atomic E-state index is -3.19. The number of methoxy groups -OCH3 is 2. The lowest BCUT2D eigenvalue weighted by atomic mass is 10.1. The third kappa shape index (κ3) is 6.27. The van der Waals surface area contributed by atoms with E-state index in [1.807, 2.05) is 115 Å². The summed E-state index contributed by atoms with van der Waals surface area (Å²) in [6, 6.07) is 28.4. The van der Waals surface area contributed by atoms with Gasteiger partial charge in [0.2, 0.25) is 0 Å². The van der Waals surface area contributed by atoms with Crippen LogP contribution in [0.3, 0.4) is 0 Å². The van der Waals surface area contributed by atoms with E-state index in [4.69, 9.17) is 14.2 Å². The number of hydrogen-bond acceptors (Lipinski definition) is 7. The van der Waals surface area contributed by atoms with Crippen molar-refractivity contribution in [1.29, 1.82) is 0 Å². The third-order valence-corrected chi connectivity index (χ3v) is 10.9. The molecule has 0 aliphatic heterocycles. The molecule has 4 rings (SSSR count). The van der Waals surface area contributed by atoms with Gasteiger partial charge < -0.3 is 14.2 Å². The maximum atomic E-state index is 14.1. The van der Waals surface area contributed by atoms with Gasteiger partial charge in [-0.15, -0.1) is 0 Å². The topological polar surface area (TPSA) is 91.3 Å². The fraction of sp³-hybridized carbons (Fsp3) is 0.147. The molecule has 0 fully saturated rings. The van der Waals surface area contributed by atoms with Crippen molar-refractivity contribution in [1.82, 2.24) is 0 Å². The number of carbonyl (C=O) groups excluding carboxylic acids is 3. The highest BCUT2D eigenvalue weighted by molar-refractivity contribution is 7.98. The van der Waals surface area contributed by atoms with Crippen LogP contribution in [0.25, 0.3) is 0 Å². The quantitative estimate of drug-likeness (QED) is 0.118. The van der Waals surface area contributed by atoms with E-state index in [2.05, 4.69) is 4.99 Å². The summed E-state index contributed by atoms with van der Waals surface area (Å²) >= 11 is 0. The highest BCUT2D eigenvalue weighted by Gasteiger charge is 2.39. The second-order valence-electron chi connectivity index (χ2n) is 9.09. The molecule has 0 bridgehead atoms. The van der Waals surface area contributed by atoms with Crippen molar-refractivity contribution >= 4 is 51.7 Å². The van der Waals surface area contributed by atoms with Crippen LogP contribution in [0.2, 0.25) is 0 Å². The Kier molecular flexibility index (Phi) is 10.2. The van der Waals surface area contributed by atoms with Crippen molar-refractivity contribution in [3.63, 3.8) is 0 Å². The number of benzene rings is 3. The van der Waals surface area contributed by atoms with Crippen molar-refractivity contribution in [2.45, 2.75) is 6.92 Å². The van der Waals surface area contributed by atoms with Crippen LogP contribution >= 0.6 is 6.89 Å². The summed E-state index contributed by atoms with van der Waals surface area (Å²) in [5, 5.41) is 2.33. The number of nitrogens with zero attached hydrogens (tertiary/aromatic N) is 1. The fourth-order valence-corrected chi connectivity index (χ4v) is 9.14. The monoisotopic (exact) mass is 581 g/mol. The van der Waals surface area contributed by atoms with E-state index in [1.54, 1.807) is 13.0 Å². The summed E-state index contributed by atoms with van der Waals surface area (Å²) in [6.07, 6.45) is 9.01. The van der Waals surface area contributed by atoms with Gasteiger partial charge in [0, 0.05) is 5.92 Å². The summed E-state index contributed by atoms with van der Waals surface area (Å²) in [5.41, 5.74) is -0.466. The minimum absolute atomic E-state index is 0.00634. The molecular formula is C34H32NO6P. The molecule has 1 aliphatic carbocycles. The molecule has 0 amide bonds. The maximum Gasteiger partial charge on any atom is 0.357 e. The van der Waals surface area contributed by atoms with Gasteiger partial charge in [-0.2, -0.15) is 0 Å². The number of carbonyl (C=O) groups is 3. The molecule has 3 aromatic rings. The normalized spacial score (nSPS) is 13.5. The van der Waals surface area contributed by atoms with Gasteiger partial charge in [-0.05, 0) is 35.8 Å². The molecule has 0 spiro atoms. The van der Waals surface area contributed by atoms with Gasteiger partial charge in [-0.25, -0.2) is 19.4 Å². The Balaban J connectivity index is 2.27. The second-order valence-corrected chi connectivity index (χ2v) is 12.4. The first-order valence-electron chi connectivity index (χ1n) is 13.4. The molecule has 0 N–H and O–H groups in total. The molecule has 42 heavy (non-hydrogen) atoms. The molecule has 0 unspecified atom stereocenters. The third-order valence-electron chi connectivity index (χ3n) is 6.59. The predicted octanol–water partition coefficient (Wildman–Crippen LogP) is 4.13. The van der Waals surface area contributed by atoms with E-state index >= 15 is 0 Å². The maximum absolute atomic E-state index is 14.1. The van der Waals surface area contributed by atoms with E-state index in [0.717, 1.165) is 15.9 Å². The van der Waals surface area contributed by atoms with Crippen LogP contribution in [0.15, 0.2) is 132 Å². The molecule has 0 aromatic heterocycles. The Morgan fingerprint density at radius 3 is 1.57 bits per heavy atom. The SMILES string of the molecule is CCOC(=O)C(=CC1C=CC=C1)N=C(C(=O)OC)C(C(=O)OC)=P(c1ccccc1)(c1ccccc1)c1ccccc1. The first kappa shape index (κ1) is 30.2. The Morgan fingerprint density at radius 1 is 0.714 bits per heavy atom. The van der Waals surface area contributed by atoms with Crippen molar-refractivity contribution in [3.8, 4) is 0 Å². The highest BCUT2D eigenvalue weighted by Crippen LogP contribution is 2.47. The van der Waals surface area contributed by atoms with Gasteiger partial charge in [0.25, 0.3) is 0 Å². The Labute approximate surface area is 245 Å². The van der Waals surface area contributed by atoms with Gasteiger partial charge in [0.1, 0.15) is 11.0 Å². The lowest BCUT2D eigenvalue weighted by Crippen LogP contribution is -2.41. The van der Waals surface area contributed by atoms with E-state index in [0.29, 0.717) is 0 Å². The standard InChI is InChI=1S/C34H32NO6P/c1-4-41-32(36)29(24-25-16-14-15-17-25)35-30(33(37)39-2)31(34(38)40-3)42(26-18-8-5-9-19-26,27-20-10-6-11-21-27)28-22-12-7-13-23-28/h5-25H,4H2,1-3H3. The average molecular weight is 582 g/mol. The van der Waals surface area contributed by atoms with Crippen molar-refractivity contribution in [3.05, 3.63) is 127 Å². The average Bonchev–Trinajstić information content (AvgIpc) is 3.56. The van der Waals surface area contributed by atoms with E-state index in [9.17, 15) is 14.4 Å². The number of aliphatic imine (C=N–C) groups is 1. The predicted molar refractivity (Wildman–Crippen MR) is 168 cm³/mol. The summed E-state index contributed by atoms with van der Waals surface area (Å²) in [7, 11) is 2.46. The van der Waals surface area contributed by atoms with Crippen LogP contribution in [0.5, 0.6) is 0 Å². The smallest absolute Gasteiger partial charge is 0.357 e. The zero-order chi connectivity index (χ0) is 30.0. The first-order chi connectivity index (χ1) is 20.5. The van der Waals surface area contributed by atoms with Gasteiger partial charge in [-0.3, -0.25) is 0 Å². The van der Waals surface area contributed by atoms with Gasteiger partial charge in [0.05, 0.1) is 20.8 Å². The van der Waals surface area contributed by atoms with Crippen LogP contribution < -0.4 is 15.9 Å². The molecule has 7 nitrogen and oxygen atoms in total. The van der Waals surface area contributed by atoms with Gasteiger partial charge in [-0.1, -0.05) is 115 Å². The summed E-state index contributed by atoms with van der Waals surface area (Å²) in [5.74, 6) is -2.66. The van der Waals surface area contributed by atoms with Crippen molar-refractivity contribution < 1.29 is 28.6 Å². The zero-order valence-electron chi connectivity index (χ0n) is 23.7. The largest absolute Gasteiger partial charge is 0.465 e. The van der Waals surface area contributed by atoms with Crippen LogP contribution in [-0.2, 0) is 28.6 Å². The van der Waals surface area contributed by atoms with Crippen LogP contribution in [0, 0.1) is 5.92 Å². The number of allylic oxidation sites excluding steroid dienone is 5.